The molecule has 2 aromatic rings. The van der Waals surface area contributed by atoms with Crippen molar-refractivity contribution in [2.75, 3.05) is 0 Å². The summed E-state index contributed by atoms with van der Waals surface area (Å²) in [5.41, 5.74) is 0.902. The molecule has 2 rings (SSSR count). The summed E-state index contributed by atoms with van der Waals surface area (Å²) < 4.78 is 5.60. The van der Waals surface area contributed by atoms with Crippen molar-refractivity contribution in [3.05, 3.63) is 63.2 Å². The molecule has 21 heavy (non-hydrogen) atoms. The minimum Gasteiger partial charge on any atom is -0.457 e. The summed E-state index contributed by atoms with van der Waals surface area (Å²) >= 11 is 0. The fraction of sp³-hybridized carbons (Fsp3) is 0.0667. The van der Waals surface area contributed by atoms with Crippen LogP contribution >= 0.6 is 0 Å². The van der Waals surface area contributed by atoms with Crippen LogP contribution in [0.5, 0.6) is 11.5 Å². The van der Waals surface area contributed by atoms with Crippen molar-refractivity contribution in [2.45, 2.75) is 6.92 Å². The topological polar surface area (TPSA) is 93.2 Å². The van der Waals surface area contributed by atoms with E-state index < -0.39 is 4.92 Å². The second-order valence-electron chi connectivity index (χ2n) is 4.29. The number of nitrogens with zero attached hydrogens (tertiary/aromatic N) is 2. The number of carbonyl (C=O) groups excluding carboxylic acids is 1. The van der Waals surface area contributed by atoms with Crippen LogP contribution in [0, 0.1) is 28.4 Å². The van der Waals surface area contributed by atoms with Gasteiger partial charge in [0.05, 0.1) is 22.1 Å². The Bertz CT molecular complexity index is 763. The molecule has 6 heteroatoms. The Morgan fingerprint density at radius 1 is 1.29 bits per heavy atom. The molecule has 2 aromatic carbocycles. The fourth-order valence-corrected chi connectivity index (χ4v) is 1.76. The molecule has 0 saturated heterocycles. The Kier molecular flexibility index (Phi) is 3.95. The molecule has 0 radical (unpaired) electrons. The van der Waals surface area contributed by atoms with Gasteiger partial charge in [0.25, 0.3) is 5.69 Å². The van der Waals surface area contributed by atoms with Crippen molar-refractivity contribution in [1.29, 1.82) is 5.26 Å². The van der Waals surface area contributed by atoms with Crippen LogP contribution in [0.3, 0.4) is 0 Å². The average molecular weight is 282 g/mol. The molecule has 0 heterocycles. The van der Waals surface area contributed by atoms with Crippen LogP contribution in [0.15, 0.2) is 36.4 Å². The summed E-state index contributed by atoms with van der Waals surface area (Å²) in [6.07, 6.45) is 0.406. The molecular formula is C15H10N2O4. The third kappa shape index (κ3) is 3.04. The minimum atomic E-state index is -0.630. The van der Waals surface area contributed by atoms with E-state index in [4.69, 9.17) is 10.00 Å². The largest absolute Gasteiger partial charge is 0.457 e. The van der Waals surface area contributed by atoms with E-state index in [1.807, 2.05) is 13.0 Å². The van der Waals surface area contributed by atoms with Gasteiger partial charge in [-0.05, 0) is 36.8 Å². The van der Waals surface area contributed by atoms with Crippen molar-refractivity contribution < 1.29 is 14.5 Å². The van der Waals surface area contributed by atoms with Crippen molar-refractivity contribution in [3.8, 4) is 17.6 Å². The first-order chi connectivity index (χ1) is 10.0. The molecule has 0 fully saturated rings. The molecule has 0 aliphatic carbocycles. The van der Waals surface area contributed by atoms with E-state index in [-0.39, 0.29) is 11.3 Å². The van der Waals surface area contributed by atoms with Crippen molar-refractivity contribution in [1.82, 2.24) is 0 Å². The number of ether oxygens (including phenoxy) is 1. The Hall–Kier alpha value is -3.20. The highest BCUT2D eigenvalue weighted by molar-refractivity contribution is 5.82. The second kappa shape index (κ2) is 5.84. The summed E-state index contributed by atoms with van der Waals surface area (Å²) in [5, 5.41) is 19.6. The molecule has 6 nitrogen and oxygen atoms in total. The maximum absolute atomic E-state index is 10.9. The normalized spacial score (nSPS) is 9.71. The summed E-state index contributed by atoms with van der Waals surface area (Å²) in [5.74, 6) is 0.751. The maximum atomic E-state index is 10.9. The number of aryl methyl sites for hydroxylation is 1. The van der Waals surface area contributed by atoms with Crippen LogP contribution in [-0.2, 0) is 0 Å². The summed E-state index contributed by atoms with van der Waals surface area (Å²) in [7, 11) is 0. The van der Waals surface area contributed by atoms with Crippen LogP contribution in [-0.4, -0.2) is 11.2 Å². The molecular weight excluding hydrogens is 272 g/mol. The van der Waals surface area contributed by atoms with Gasteiger partial charge in [-0.25, -0.2) is 0 Å². The zero-order chi connectivity index (χ0) is 15.4. The van der Waals surface area contributed by atoms with Crippen LogP contribution in [0.4, 0.5) is 5.69 Å². The van der Waals surface area contributed by atoms with Crippen molar-refractivity contribution >= 4 is 12.0 Å². The quantitative estimate of drug-likeness (QED) is 0.486. The molecule has 0 aliphatic heterocycles. The van der Waals surface area contributed by atoms with Gasteiger partial charge in [-0.15, -0.1) is 0 Å². The third-order valence-corrected chi connectivity index (χ3v) is 2.87. The van der Waals surface area contributed by atoms with E-state index >= 15 is 0 Å². The molecule has 104 valence electrons. The smallest absolute Gasteiger partial charge is 0.280 e. The second-order valence-corrected chi connectivity index (χ2v) is 4.29. The predicted molar refractivity (Wildman–Crippen MR) is 74.5 cm³/mol. The van der Waals surface area contributed by atoms with Crippen LogP contribution < -0.4 is 4.74 Å². The molecule has 0 amide bonds. The van der Waals surface area contributed by atoms with E-state index in [1.54, 1.807) is 18.2 Å². The van der Waals surface area contributed by atoms with Gasteiger partial charge in [0, 0.05) is 6.07 Å². The van der Waals surface area contributed by atoms with Crippen LogP contribution in [0.2, 0.25) is 0 Å². The molecule has 0 bridgehead atoms. The maximum Gasteiger partial charge on any atom is 0.280 e. The van der Waals surface area contributed by atoms with Gasteiger partial charge in [-0.1, -0.05) is 6.07 Å². The highest BCUT2D eigenvalue weighted by atomic mass is 16.6. The highest BCUT2D eigenvalue weighted by Crippen LogP contribution is 2.29. The van der Waals surface area contributed by atoms with Gasteiger partial charge in [-0.2, -0.15) is 5.26 Å². The van der Waals surface area contributed by atoms with Gasteiger partial charge in [0.15, 0.2) is 6.29 Å². The minimum absolute atomic E-state index is 0.0633. The molecule has 0 N–H and O–H groups in total. The third-order valence-electron chi connectivity index (χ3n) is 2.87. The number of hydrogen-bond donors (Lipinski definition) is 0. The molecule has 0 aliphatic rings. The van der Waals surface area contributed by atoms with Crippen LogP contribution in [0.1, 0.15) is 21.5 Å². The van der Waals surface area contributed by atoms with E-state index in [0.29, 0.717) is 23.3 Å². The van der Waals surface area contributed by atoms with Gasteiger partial charge < -0.3 is 4.74 Å². The molecule has 0 spiro atoms. The lowest BCUT2D eigenvalue weighted by Crippen LogP contribution is -1.95. The Balaban J connectivity index is 2.39. The van der Waals surface area contributed by atoms with Gasteiger partial charge >= 0.3 is 0 Å². The Morgan fingerprint density at radius 3 is 2.67 bits per heavy atom. The Labute approximate surface area is 120 Å². The lowest BCUT2D eigenvalue weighted by molar-refractivity contribution is -0.385. The van der Waals surface area contributed by atoms with Crippen LogP contribution in [0.25, 0.3) is 0 Å². The number of nitro benzene ring substituents is 1. The number of rotatable bonds is 4. The van der Waals surface area contributed by atoms with Gasteiger partial charge in [-0.3, -0.25) is 14.9 Å². The number of nitro groups is 1. The van der Waals surface area contributed by atoms with E-state index in [9.17, 15) is 14.9 Å². The average Bonchev–Trinajstić information content (AvgIpc) is 2.49. The summed E-state index contributed by atoms with van der Waals surface area (Å²) in [6.45, 7) is 1.81. The zero-order valence-corrected chi connectivity index (χ0v) is 11.1. The van der Waals surface area contributed by atoms with Crippen molar-refractivity contribution in [3.63, 3.8) is 0 Å². The highest BCUT2D eigenvalue weighted by Gasteiger charge is 2.14. The van der Waals surface area contributed by atoms with Crippen molar-refractivity contribution in [2.24, 2.45) is 0 Å². The SMILES string of the molecule is Cc1ccc(C#N)cc1Oc1ccc([N+](=O)[O-])c(C=O)c1. The lowest BCUT2D eigenvalue weighted by atomic mass is 10.1. The van der Waals surface area contributed by atoms with E-state index in [0.717, 1.165) is 5.56 Å². The summed E-state index contributed by atoms with van der Waals surface area (Å²) in [6, 6.07) is 10.9. The predicted octanol–water partition coefficient (Wildman–Crippen LogP) is 3.38. The molecule has 0 unspecified atom stereocenters. The zero-order valence-electron chi connectivity index (χ0n) is 11.1. The van der Waals surface area contributed by atoms with E-state index in [1.165, 1.54) is 18.2 Å². The first-order valence-electron chi connectivity index (χ1n) is 5.97. The summed E-state index contributed by atoms with van der Waals surface area (Å²) in [4.78, 5) is 21.0. The van der Waals surface area contributed by atoms with E-state index in [2.05, 4.69) is 0 Å². The van der Waals surface area contributed by atoms with Gasteiger partial charge in [0.2, 0.25) is 0 Å². The lowest BCUT2D eigenvalue weighted by Gasteiger charge is -2.09. The number of hydrogen-bond acceptors (Lipinski definition) is 5. The first-order valence-corrected chi connectivity index (χ1v) is 5.97. The standard InChI is InChI=1S/C15H10N2O4/c1-10-2-3-11(8-16)6-15(10)21-13-4-5-14(17(19)20)12(7-13)9-18/h2-7,9H,1H3. The number of nitriles is 1. The number of benzene rings is 2. The Morgan fingerprint density at radius 2 is 2.05 bits per heavy atom. The molecule has 0 aromatic heterocycles. The first kappa shape index (κ1) is 14.2. The monoisotopic (exact) mass is 282 g/mol. The molecule has 0 saturated carbocycles. The van der Waals surface area contributed by atoms with Gasteiger partial charge in [0.1, 0.15) is 11.5 Å². The number of aldehydes is 1. The fourth-order valence-electron chi connectivity index (χ4n) is 1.76. The number of carbonyl (C=O) groups is 1. The molecule has 0 atom stereocenters.